The summed E-state index contributed by atoms with van der Waals surface area (Å²) in [5.41, 5.74) is 0.943. The number of sulfonamides is 1. The zero-order chi connectivity index (χ0) is 28.3. The molecule has 0 radical (unpaired) electrons. The van der Waals surface area contributed by atoms with Gasteiger partial charge in [-0.3, -0.25) is 4.79 Å². The number of benzene rings is 3. The molecule has 2 aliphatic heterocycles. The summed E-state index contributed by atoms with van der Waals surface area (Å²) in [6, 6.07) is 11.1. The molecule has 206 valence electrons. The van der Waals surface area contributed by atoms with Crippen LogP contribution in [0.3, 0.4) is 0 Å². The van der Waals surface area contributed by atoms with Gasteiger partial charge in [-0.05, 0) is 76.6 Å². The van der Waals surface area contributed by atoms with Crippen molar-refractivity contribution in [1.29, 1.82) is 0 Å². The molecule has 3 aromatic rings. The summed E-state index contributed by atoms with van der Waals surface area (Å²) in [6.07, 6.45) is -0.507. The molecule has 2 amide bonds. The average Bonchev–Trinajstić information content (AvgIpc) is 3.20. The lowest BCUT2D eigenvalue weighted by atomic mass is 9.77. The number of carbonyl (C=O) groups is 2. The van der Waals surface area contributed by atoms with Crippen LogP contribution >= 0.6 is 11.6 Å². The summed E-state index contributed by atoms with van der Waals surface area (Å²) in [5, 5.41) is 11.7. The van der Waals surface area contributed by atoms with Crippen LogP contribution in [0.1, 0.15) is 44.4 Å². The van der Waals surface area contributed by atoms with Gasteiger partial charge < -0.3 is 14.9 Å². The summed E-state index contributed by atoms with van der Waals surface area (Å²) in [4.78, 5) is 27.8. The quantitative estimate of drug-likeness (QED) is 0.438. The van der Waals surface area contributed by atoms with Crippen molar-refractivity contribution in [2.45, 2.75) is 50.6 Å². The molecule has 0 aromatic heterocycles. The fourth-order valence-corrected chi connectivity index (χ4v) is 7.06. The van der Waals surface area contributed by atoms with E-state index in [1.807, 2.05) is 20.8 Å². The van der Waals surface area contributed by atoms with Gasteiger partial charge in [0, 0.05) is 18.1 Å². The Bertz CT molecular complexity index is 1600. The van der Waals surface area contributed by atoms with Crippen molar-refractivity contribution in [1.82, 2.24) is 9.62 Å². The molecule has 3 aromatic carbocycles. The maximum absolute atomic E-state index is 15.5. The van der Waals surface area contributed by atoms with E-state index in [4.69, 9.17) is 11.6 Å². The number of hydrogen-bond donors (Lipinski definition) is 2. The number of anilines is 1. The SMILES string of the molecule is CC(C)(C)C1c2cc(F)c(N3CCC(NS(=O)(=O)c4ccc5cc(Cl)ccc5c4)C3=O)cc2CCN1C(=O)O. The molecule has 1 saturated heterocycles. The van der Waals surface area contributed by atoms with Crippen LogP contribution in [0.15, 0.2) is 53.4 Å². The van der Waals surface area contributed by atoms with Crippen molar-refractivity contribution in [2.75, 3.05) is 18.0 Å². The average molecular weight is 574 g/mol. The zero-order valence-corrected chi connectivity index (χ0v) is 23.3. The normalized spacial score (nSPS) is 20.0. The predicted octanol–water partition coefficient (Wildman–Crippen LogP) is 5.34. The van der Waals surface area contributed by atoms with E-state index in [2.05, 4.69) is 4.72 Å². The minimum Gasteiger partial charge on any atom is -0.465 e. The molecule has 11 heteroatoms. The molecule has 0 aliphatic carbocycles. The van der Waals surface area contributed by atoms with E-state index >= 15 is 4.39 Å². The van der Waals surface area contributed by atoms with Gasteiger partial charge >= 0.3 is 6.09 Å². The Morgan fingerprint density at radius 2 is 1.77 bits per heavy atom. The Morgan fingerprint density at radius 1 is 1.08 bits per heavy atom. The van der Waals surface area contributed by atoms with E-state index in [-0.39, 0.29) is 30.1 Å². The van der Waals surface area contributed by atoms with E-state index in [1.54, 1.807) is 30.3 Å². The number of amides is 2. The Morgan fingerprint density at radius 3 is 2.46 bits per heavy atom. The second-order valence-corrected chi connectivity index (χ2v) is 13.3. The highest BCUT2D eigenvalue weighted by Gasteiger charge is 2.41. The van der Waals surface area contributed by atoms with Gasteiger partial charge in [0.05, 0.1) is 16.6 Å². The first kappa shape index (κ1) is 27.4. The molecule has 2 N–H and O–H groups in total. The summed E-state index contributed by atoms with van der Waals surface area (Å²) < 4.78 is 44.2. The molecule has 1 fully saturated rings. The number of fused-ring (bicyclic) bond motifs is 2. The number of nitrogens with zero attached hydrogens (tertiary/aromatic N) is 2. The summed E-state index contributed by atoms with van der Waals surface area (Å²) in [6.45, 7) is 6.10. The van der Waals surface area contributed by atoms with E-state index in [0.29, 0.717) is 22.4 Å². The lowest BCUT2D eigenvalue weighted by molar-refractivity contribution is -0.118. The standard InChI is InChI=1S/C28H29ClFN3O5S/c1-28(2,3)25-21-15-22(30)24(14-18(21)8-10-33(25)27(35)36)32-11-9-23(26(32)34)31-39(37,38)20-7-5-16-12-19(29)6-4-17(16)13-20/h4-7,12-15,23,25,31H,8-11H2,1-3H3,(H,35,36). The first-order valence-electron chi connectivity index (χ1n) is 12.6. The topological polar surface area (TPSA) is 107 Å². The van der Waals surface area contributed by atoms with Crippen LogP contribution in [-0.2, 0) is 21.2 Å². The van der Waals surface area contributed by atoms with Gasteiger partial charge in [0.25, 0.3) is 0 Å². The molecule has 0 saturated carbocycles. The Hall–Kier alpha value is -3.21. The summed E-state index contributed by atoms with van der Waals surface area (Å²) in [7, 11) is -4.03. The molecule has 2 heterocycles. The molecule has 2 unspecified atom stereocenters. The summed E-state index contributed by atoms with van der Waals surface area (Å²) >= 11 is 6.01. The molecule has 0 bridgehead atoms. The fraction of sp³-hybridized carbons (Fsp3) is 0.357. The molecule has 2 aliphatic rings. The van der Waals surface area contributed by atoms with Crippen molar-refractivity contribution in [3.63, 3.8) is 0 Å². The number of hydrogen-bond acceptors (Lipinski definition) is 4. The first-order valence-corrected chi connectivity index (χ1v) is 14.5. The molecule has 5 rings (SSSR count). The number of nitrogens with one attached hydrogen (secondary N) is 1. The van der Waals surface area contributed by atoms with Gasteiger partial charge in [-0.1, -0.05) is 44.5 Å². The first-order chi connectivity index (χ1) is 18.3. The van der Waals surface area contributed by atoms with Crippen LogP contribution in [0.25, 0.3) is 10.8 Å². The van der Waals surface area contributed by atoms with Crippen LogP contribution in [0.2, 0.25) is 5.02 Å². The fourth-order valence-electron chi connectivity index (χ4n) is 5.62. The third-order valence-electron chi connectivity index (χ3n) is 7.38. The molecular weight excluding hydrogens is 545 g/mol. The number of rotatable bonds is 4. The van der Waals surface area contributed by atoms with E-state index in [0.717, 1.165) is 10.9 Å². The molecule has 39 heavy (non-hydrogen) atoms. The molecule has 2 atom stereocenters. The monoisotopic (exact) mass is 573 g/mol. The van der Waals surface area contributed by atoms with Crippen LogP contribution < -0.4 is 9.62 Å². The maximum Gasteiger partial charge on any atom is 0.407 e. The van der Waals surface area contributed by atoms with Gasteiger partial charge in [0.1, 0.15) is 11.9 Å². The van der Waals surface area contributed by atoms with Crippen molar-refractivity contribution in [3.05, 3.63) is 70.5 Å². The predicted molar refractivity (Wildman–Crippen MR) is 147 cm³/mol. The number of carbonyl (C=O) groups excluding carboxylic acids is 1. The number of halogens is 2. The zero-order valence-electron chi connectivity index (χ0n) is 21.7. The van der Waals surface area contributed by atoms with Crippen molar-refractivity contribution in [3.8, 4) is 0 Å². The Labute approximate surface area is 231 Å². The highest BCUT2D eigenvalue weighted by molar-refractivity contribution is 7.89. The van der Waals surface area contributed by atoms with Crippen LogP contribution in [0, 0.1) is 11.2 Å². The maximum atomic E-state index is 15.5. The molecule has 0 spiro atoms. The van der Waals surface area contributed by atoms with Crippen molar-refractivity contribution >= 4 is 50.1 Å². The van der Waals surface area contributed by atoms with Gasteiger partial charge in [-0.25, -0.2) is 17.6 Å². The van der Waals surface area contributed by atoms with E-state index in [9.17, 15) is 23.1 Å². The second-order valence-electron chi connectivity index (χ2n) is 11.1. The Kier molecular flexibility index (Phi) is 6.85. The van der Waals surface area contributed by atoms with Gasteiger partial charge in [-0.2, -0.15) is 4.72 Å². The van der Waals surface area contributed by atoms with Crippen LogP contribution in [-0.4, -0.2) is 49.6 Å². The van der Waals surface area contributed by atoms with Gasteiger partial charge in [0.15, 0.2) is 0 Å². The third kappa shape index (κ3) is 5.08. The summed E-state index contributed by atoms with van der Waals surface area (Å²) in [5.74, 6) is -1.19. The highest BCUT2D eigenvalue weighted by Crippen LogP contribution is 2.44. The molecular formula is C28H29ClFN3O5S. The lowest BCUT2D eigenvalue weighted by Gasteiger charge is -2.43. The van der Waals surface area contributed by atoms with E-state index < -0.39 is 45.3 Å². The van der Waals surface area contributed by atoms with Crippen molar-refractivity contribution in [2.24, 2.45) is 5.41 Å². The molecule has 8 nitrogen and oxygen atoms in total. The van der Waals surface area contributed by atoms with Crippen LogP contribution in [0.4, 0.5) is 14.9 Å². The van der Waals surface area contributed by atoms with Crippen molar-refractivity contribution < 1.29 is 27.5 Å². The minimum atomic E-state index is -4.03. The highest BCUT2D eigenvalue weighted by atomic mass is 35.5. The van der Waals surface area contributed by atoms with E-state index in [1.165, 1.54) is 28.0 Å². The Balaban J connectivity index is 1.40. The third-order valence-corrected chi connectivity index (χ3v) is 9.09. The van der Waals surface area contributed by atoms with Crippen LogP contribution in [0.5, 0.6) is 0 Å². The largest absolute Gasteiger partial charge is 0.465 e. The van der Waals surface area contributed by atoms with Gasteiger partial charge in [0.2, 0.25) is 15.9 Å². The smallest absolute Gasteiger partial charge is 0.407 e. The van der Waals surface area contributed by atoms with Gasteiger partial charge in [-0.15, -0.1) is 0 Å². The second kappa shape index (κ2) is 9.76. The minimum absolute atomic E-state index is 0.0136. The lowest BCUT2D eigenvalue weighted by Crippen LogP contribution is -2.45. The number of carboxylic acid groups (broad SMARTS) is 1.